The van der Waals surface area contributed by atoms with Crippen LogP contribution in [-0.4, -0.2) is 14.6 Å². The van der Waals surface area contributed by atoms with Crippen molar-refractivity contribution >= 4 is 22.0 Å². The summed E-state index contributed by atoms with van der Waals surface area (Å²) in [5.74, 6) is 0.241. The van der Waals surface area contributed by atoms with E-state index in [0.717, 1.165) is 16.8 Å². The van der Waals surface area contributed by atoms with Crippen molar-refractivity contribution in [2.45, 2.75) is 18.7 Å². The average molecular weight is 365 g/mol. The zero-order valence-electron chi connectivity index (χ0n) is 14.6. The maximum absolute atomic E-state index is 12.5. The number of aryl methyl sites for hydroxylation is 1. The van der Waals surface area contributed by atoms with E-state index >= 15 is 0 Å². The smallest absolute Gasteiger partial charge is 0.339 e. The van der Waals surface area contributed by atoms with E-state index in [-0.39, 0.29) is 10.6 Å². The Morgan fingerprint density at radius 1 is 0.846 bits per heavy atom. The highest BCUT2D eigenvalue weighted by Gasteiger charge is 2.17. The standard InChI is InChI=1S/C21H19NO3S/c1-16-9-8-13-20(17(16)2)22-15-18-10-6-7-14-21(18)25-26(23,24)19-11-4-3-5-12-19/h3-15H,1-2H3. The molecule has 0 unspecified atom stereocenters. The first-order valence-electron chi connectivity index (χ1n) is 8.16. The highest BCUT2D eigenvalue weighted by molar-refractivity contribution is 7.87. The molecule has 0 aliphatic rings. The van der Waals surface area contributed by atoms with Gasteiger partial charge in [0.25, 0.3) is 0 Å². The molecule has 0 saturated carbocycles. The Kier molecular flexibility index (Phi) is 5.19. The van der Waals surface area contributed by atoms with E-state index in [1.807, 2.05) is 38.1 Å². The molecule has 0 bridgehead atoms. The largest absolute Gasteiger partial charge is 0.378 e. The molecule has 26 heavy (non-hydrogen) atoms. The Labute approximate surface area is 153 Å². The predicted molar refractivity (Wildman–Crippen MR) is 104 cm³/mol. The molecule has 0 N–H and O–H groups in total. The normalized spacial score (nSPS) is 11.6. The first kappa shape index (κ1) is 17.9. The fourth-order valence-electron chi connectivity index (χ4n) is 2.43. The third-order valence-electron chi connectivity index (χ3n) is 4.07. The minimum atomic E-state index is -3.90. The van der Waals surface area contributed by atoms with Gasteiger partial charge >= 0.3 is 10.1 Å². The molecule has 0 aliphatic carbocycles. The van der Waals surface area contributed by atoms with Gasteiger partial charge in [0.05, 0.1) is 5.69 Å². The van der Waals surface area contributed by atoms with Crippen molar-refractivity contribution in [3.63, 3.8) is 0 Å². The van der Waals surface area contributed by atoms with Gasteiger partial charge in [0.15, 0.2) is 5.75 Å². The van der Waals surface area contributed by atoms with Crippen molar-refractivity contribution < 1.29 is 12.6 Å². The molecule has 0 atom stereocenters. The molecule has 132 valence electrons. The average Bonchev–Trinajstić information content (AvgIpc) is 2.64. The van der Waals surface area contributed by atoms with Gasteiger partial charge in [-0.05, 0) is 55.3 Å². The van der Waals surface area contributed by atoms with Gasteiger partial charge < -0.3 is 4.18 Å². The van der Waals surface area contributed by atoms with Crippen molar-refractivity contribution in [3.8, 4) is 5.75 Å². The molecule has 4 nitrogen and oxygen atoms in total. The molecule has 3 rings (SSSR count). The summed E-state index contributed by atoms with van der Waals surface area (Å²) in [5, 5.41) is 0. The van der Waals surface area contributed by atoms with Gasteiger partial charge in [0.1, 0.15) is 4.90 Å². The van der Waals surface area contributed by atoms with E-state index in [4.69, 9.17) is 4.18 Å². The molecule has 0 saturated heterocycles. The minimum absolute atomic E-state index is 0.112. The highest BCUT2D eigenvalue weighted by atomic mass is 32.2. The minimum Gasteiger partial charge on any atom is -0.378 e. The van der Waals surface area contributed by atoms with Gasteiger partial charge in [-0.1, -0.05) is 42.5 Å². The van der Waals surface area contributed by atoms with Gasteiger partial charge in [-0.2, -0.15) is 8.42 Å². The molecule has 0 aliphatic heterocycles. The number of nitrogens with zero attached hydrogens (tertiary/aromatic N) is 1. The molecule has 0 aromatic heterocycles. The second kappa shape index (κ2) is 7.54. The predicted octanol–water partition coefficient (Wildman–Crippen LogP) is 4.82. The Balaban J connectivity index is 1.92. The maximum atomic E-state index is 12.5. The highest BCUT2D eigenvalue weighted by Crippen LogP contribution is 2.24. The molecule has 5 heteroatoms. The third kappa shape index (κ3) is 4.00. The molecular weight excluding hydrogens is 346 g/mol. The lowest BCUT2D eigenvalue weighted by atomic mass is 10.1. The van der Waals surface area contributed by atoms with E-state index in [9.17, 15) is 8.42 Å². The summed E-state index contributed by atoms with van der Waals surface area (Å²) >= 11 is 0. The van der Waals surface area contributed by atoms with Crippen LogP contribution >= 0.6 is 0 Å². The molecule has 0 amide bonds. The fraction of sp³-hybridized carbons (Fsp3) is 0.0952. The summed E-state index contributed by atoms with van der Waals surface area (Å²) in [5.41, 5.74) is 3.66. The zero-order chi connectivity index (χ0) is 18.6. The van der Waals surface area contributed by atoms with Crippen LogP contribution in [0, 0.1) is 13.8 Å². The summed E-state index contributed by atoms with van der Waals surface area (Å²) in [6.45, 7) is 4.03. The van der Waals surface area contributed by atoms with Crippen molar-refractivity contribution in [2.24, 2.45) is 4.99 Å². The molecule has 3 aromatic rings. The Morgan fingerprint density at radius 3 is 2.31 bits per heavy atom. The molecular formula is C21H19NO3S. The first-order chi connectivity index (χ1) is 12.5. The van der Waals surface area contributed by atoms with Crippen LogP contribution in [0.2, 0.25) is 0 Å². The second-order valence-corrected chi connectivity index (χ2v) is 7.41. The molecule has 0 fully saturated rings. The third-order valence-corrected chi connectivity index (χ3v) is 5.32. The van der Waals surface area contributed by atoms with Crippen molar-refractivity contribution in [1.29, 1.82) is 0 Å². The van der Waals surface area contributed by atoms with E-state index in [0.29, 0.717) is 5.56 Å². The number of benzene rings is 3. The number of aliphatic imine (C=N–C) groups is 1. The molecule has 0 heterocycles. The Hall–Kier alpha value is -2.92. The summed E-state index contributed by atoms with van der Waals surface area (Å²) in [6, 6.07) is 20.9. The maximum Gasteiger partial charge on any atom is 0.339 e. The van der Waals surface area contributed by atoms with Crippen LogP contribution in [0.1, 0.15) is 16.7 Å². The van der Waals surface area contributed by atoms with Crippen LogP contribution < -0.4 is 4.18 Å². The van der Waals surface area contributed by atoms with Gasteiger partial charge in [-0.25, -0.2) is 0 Å². The van der Waals surface area contributed by atoms with Crippen molar-refractivity contribution in [2.75, 3.05) is 0 Å². The van der Waals surface area contributed by atoms with Crippen LogP contribution in [0.5, 0.6) is 5.75 Å². The molecule has 0 spiro atoms. The van der Waals surface area contributed by atoms with Gasteiger partial charge in [0.2, 0.25) is 0 Å². The lowest BCUT2D eigenvalue weighted by Gasteiger charge is -2.09. The van der Waals surface area contributed by atoms with Crippen LogP contribution in [0.3, 0.4) is 0 Å². The second-order valence-electron chi connectivity index (χ2n) is 5.87. The van der Waals surface area contributed by atoms with E-state index in [2.05, 4.69) is 4.99 Å². The Morgan fingerprint density at radius 2 is 1.54 bits per heavy atom. The van der Waals surface area contributed by atoms with Crippen LogP contribution in [0.4, 0.5) is 5.69 Å². The molecule has 3 aromatic carbocycles. The summed E-state index contributed by atoms with van der Waals surface area (Å²) < 4.78 is 30.3. The van der Waals surface area contributed by atoms with Gasteiger partial charge in [0, 0.05) is 11.8 Å². The van der Waals surface area contributed by atoms with Crippen LogP contribution in [0.15, 0.2) is 82.7 Å². The van der Waals surface area contributed by atoms with Crippen molar-refractivity contribution in [3.05, 3.63) is 89.5 Å². The Bertz CT molecular complexity index is 1040. The van der Waals surface area contributed by atoms with Gasteiger partial charge in [-0.15, -0.1) is 0 Å². The number of hydrogen-bond donors (Lipinski definition) is 0. The van der Waals surface area contributed by atoms with E-state index in [1.165, 1.54) is 12.1 Å². The first-order valence-corrected chi connectivity index (χ1v) is 9.57. The SMILES string of the molecule is Cc1cccc(N=Cc2ccccc2OS(=O)(=O)c2ccccc2)c1C. The lowest BCUT2D eigenvalue weighted by Crippen LogP contribution is -2.10. The van der Waals surface area contributed by atoms with Crippen LogP contribution in [0.25, 0.3) is 0 Å². The quantitative estimate of drug-likeness (QED) is 0.481. The number of rotatable bonds is 5. The van der Waals surface area contributed by atoms with E-state index < -0.39 is 10.1 Å². The summed E-state index contributed by atoms with van der Waals surface area (Å²) in [6.07, 6.45) is 1.62. The summed E-state index contributed by atoms with van der Waals surface area (Å²) in [4.78, 5) is 4.61. The lowest BCUT2D eigenvalue weighted by molar-refractivity contribution is 0.485. The number of para-hydroxylation sites is 1. The topological polar surface area (TPSA) is 55.7 Å². The molecule has 0 radical (unpaired) electrons. The van der Waals surface area contributed by atoms with Crippen LogP contribution in [-0.2, 0) is 10.1 Å². The van der Waals surface area contributed by atoms with E-state index in [1.54, 1.807) is 42.6 Å². The zero-order valence-corrected chi connectivity index (χ0v) is 15.4. The van der Waals surface area contributed by atoms with Gasteiger partial charge in [-0.3, -0.25) is 4.99 Å². The monoisotopic (exact) mass is 365 g/mol. The number of hydrogen-bond acceptors (Lipinski definition) is 4. The summed E-state index contributed by atoms with van der Waals surface area (Å²) in [7, 11) is -3.90. The fourth-order valence-corrected chi connectivity index (χ4v) is 3.41. The van der Waals surface area contributed by atoms with Crippen molar-refractivity contribution in [1.82, 2.24) is 0 Å².